The molecule has 0 saturated heterocycles. The lowest BCUT2D eigenvalue weighted by atomic mass is 10.2. The highest BCUT2D eigenvalue weighted by molar-refractivity contribution is 7.08. The average molecular weight is 423 g/mol. The van der Waals surface area contributed by atoms with Gasteiger partial charge in [-0.2, -0.15) is 16.4 Å². The summed E-state index contributed by atoms with van der Waals surface area (Å²) in [6.07, 6.45) is 1.75. The third-order valence-corrected chi connectivity index (χ3v) is 5.01. The van der Waals surface area contributed by atoms with E-state index in [1.807, 2.05) is 11.4 Å². The normalized spacial score (nSPS) is 10.6. The molecule has 0 radical (unpaired) electrons. The number of amides is 2. The Morgan fingerprint density at radius 3 is 2.78 bits per heavy atom. The highest BCUT2D eigenvalue weighted by atomic mass is 35.5. The molecule has 0 aliphatic carbocycles. The number of carbonyl (C=O) groups excluding carboxylic acids is 2. The largest absolute Gasteiger partial charge is 0.351 e. The summed E-state index contributed by atoms with van der Waals surface area (Å²) in [5.74, 6) is 0.145. The zero-order chi connectivity index (χ0) is 19.2. The number of rotatable bonds is 7. The number of hydrogen-bond donors (Lipinski definition) is 2. The third-order valence-electron chi connectivity index (χ3n) is 3.74. The fourth-order valence-corrected chi connectivity index (χ4v) is 3.47. The second-order valence-corrected chi connectivity index (χ2v) is 7.30. The van der Waals surface area contributed by atoms with E-state index >= 15 is 0 Å². The van der Waals surface area contributed by atoms with Gasteiger partial charge in [0.1, 0.15) is 5.82 Å². The summed E-state index contributed by atoms with van der Waals surface area (Å²) in [7, 11) is 0. The van der Waals surface area contributed by atoms with Crippen LogP contribution < -0.4 is 10.6 Å². The highest BCUT2D eigenvalue weighted by Gasteiger charge is 2.11. The van der Waals surface area contributed by atoms with Gasteiger partial charge >= 0.3 is 0 Å². The van der Waals surface area contributed by atoms with E-state index in [1.54, 1.807) is 40.5 Å². The van der Waals surface area contributed by atoms with Crippen LogP contribution in [0.2, 0.25) is 10.0 Å². The second-order valence-electron chi connectivity index (χ2n) is 5.68. The molecule has 3 aromatic rings. The van der Waals surface area contributed by atoms with Crippen molar-refractivity contribution in [3.8, 4) is 0 Å². The van der Waals surface area contributed by atoms with Crippen molar-refractivity contribution >= 4 is 52.2 Å². The number of benzene rings is 1. The Balaban J connectivity index is 1.53. The Hall–Kier alpha value is -2.35. The van der Waals surface area contributed by atoms with E-state index in [0.717, 1.165) is 5.56 Å². The van der Waals surface area contributed by atoms with Gasteiger partial charge in [-0.3, -0.25) is 9.59 Å². The lowest BCUT2D eigenvalue weighted by molar-refractivity contribution is -0.116. The summed E-state index contributed by atoms with van der Waals surface area (Å²) in [6, 6.07) is 8.67. The van der Waals surface area contributed by atoms with E-state index in [2.05, 4.69) is 15.7 Å². The van der Waals surface area contributed by atoms with E-state index in [1.165, 1.54) is 11.3 Å². The third kappa shape index (κ3) is 5.32. The molecule has 140 valence electrons. The molecular formula is C18H16Cl2N4O2S. The molecule has 0 saturated carbocycles. The maximum absolute atomic E-state index is 12.1. The average Bonchev–Trinajstić information content (AvgIpc) is 3.30. The summed E-state index contributed by atoms with van der Waals surface area (Å²) in [5.41, 5.74) is 1.43. The number of thiophene rings is 1. The van der Waals surface area contributed by atoms with Crippen LogP contribution in [0.25, 0.3) is 0 Å². The highest BCUT2D eigenvalue weighted by Crippen LogP contribution is 2.22. The molecule has 0 aliphatic heterocycles. The van der Waals surface area contributed by atoms with Gasteiger partial charge in [-0.1, -0.05) is 29.3 Å². The molecule has 0 atom stereocenters. The van der Waals surface area contributed by atoms with Crippen LogP contribution in [0.15, 0.2) is 47.3 Å². The van der Waals surface area contributed by atoms with Crippen LogP contribution >= 0.6 is 34.5 Å². The van der Waals surface area contributed by atoms with E-state index in [-0.39, 0.29) is 24.8 Å². The summed E-state index contributed by atoms with van der Waals surface area (Å²) in [6.45, 7) is 0.644. The maximum atomic E-state index is 12.1. The smallest absolute Gasteiger partial charge is 0.252 e. The van der Waals surface area contributed by atoms with Gasteiger partial charge in [0.2, 0.25) is 5.91 Å². The maximum Gasteiger partial charge on any atom is 0.252 e. The molecule has 2 heterocycles. The molecule has 0 bridgehead atoms. The van der Waals surface area contributed by atoms with E-state index < -0.39 is 0 Å². The van der Waals surface area contributed by atoms with Crippen molar-refractivity contribution < 1.29 is 9.59 Å². The Morgan fingerprint density at radius 2 is 2.04 bits per heavy atom. The molecular weight excluding hydrogens is 407 g/mol. The Kier molecular flexibility index (Phi) is 6.49. The molecule has 2 aromatic heterocycles. The Labute approximate surface area is 170 Å². The van der Waals surface area contributed by atoms with Gasteiger partial charge in [0, 0.05) is 40.0 Å². The monoisotopic (exact) mass is 422 g/mol. The Bertz CT molecular complexity index is 941. The predicted octanol–water partition coefficient (Wildman–Crippen LogP) is 4.06. The standard InChI is InChI=1S/C18H16Cl2N4O2S/c19-14-2-1-12(15(20)9-14)10-24-16(3-7-22-24)23-17(25)4-6-21-18(26)13-5-8-27-11-13/h1-3,5,7-9,11H,4,6,10H2,(H,21,26)(H,23,25). The number of anilines is 1. The molecule has 9 heteroatoms. The topological polar surface area (TPSA) is 76.0 Å². The van der Waals surface area contributed by atoms with Gasteiger partial charge in [-0.25, -0.2) is 4.68 Å². The minimum Gasteiger partial charge on any atom is -0.351 e. The number of nitrogens with one attached hydrogen (secondary N) is 2. The Morgan fingerprint density at radius 1 is 1.19 bits per heavy atom. The van der Waals surface area contributed by atoms with Gasteiger partial charge in [-0.15, -0.1) is 0 Å². The quantitative estimate of drug-likeness (QED) is 0.602. The van der Waals surface area contributed by atoms with E-state index in [4.69, 9.17) is 23.2 Å². The van der Waals surface area contributed by atoms with Crippen molar-refractivity contribution in [1.82, 2.24) is 15.1 Å². The van der Waals surface area contributed by atoms with Crippen molar-refractivity contribution in [3.63, 3.8) is 0 Å². The molecule has 6 nitrogen and oxygen atoms in total. The first-order chi connectivity index (χ1) is 13.0. The molecule has 0 unspecified atom stereocenters. The number of hydrogen-bond acceptors (Lipinski definition) is 4. The van der Waals surface area contributed by atoms with Crippen LogP contribution in [0.1, 0.15) is 22.3 Å². The summed E-state index contributed by atoms with van der Waals surface area (Å²) >= 11 is 13.5. The van der Waals surface area contributed by atoms with E-state index in [0.29, 0.717) is 28.0 Å². The zero-order valence-corrected chi connectivity index (χ0v) is 16.4. The van der Waals surface area contributed by atoms with Crippen LogP contribution in [-0.2, 0) is 11.3 Å². The van der Waals surface area contributed by atoms with Gasteiger partial charge in [0.05, 0.1) is 12.7 Å². The fraction of sp³-hybridized carbons (Fsp3) is 0.167. The van der Waals surface area contributed by atoms with Gasteiger partial charge in [0.25, 0.3) is 5.91 Å². The first-order valence-electron chi connectivity index (χ1n) is 8.09. The van der Waals surface area contributed by atoms with E-state index in [9.17, 15) is 9.59 Å². The molecule has 2 amide bonds. The van der Waals surface area contributed by atoms with Crippen LogP contribution in [0.5, 0.6) is 0 Å². The van der Waals surface area contributed by atoms with Crippen molar-refractivity contribution in [2.24, 2.45) is 0 Å². The molecule has 0 fully saturated rings. The lowest BCUT2D eigenvalue weighted by Crippen LogP contribution is -2.27. The number of halogens is 2. The van der Waals surface area contributed by atoms with Crippen molar-refractivity contribution in [1.29, 1.82) is 0 Å². The minimum absolute atomic E-state index is 0.156. The minimum atomic E-state index is -0.218. The van der Waals surface area contributed by atoms with Gasteiger partial charge in [0.15, 0.2) is 0 Å². The second kappa shape index (κ2) is 9.03. The van der Waals surface area contributed by atoms with Crippen LogP contribution in [0.4, 0.5) is 5.82 Å². The van der Waals surface area contributed by atoms with Gasteiger partial charge < -0.3 is 10.6 Å². The summed E-state index contributed by atoms with van der Waals surface area (Å²) in [4.78, 5) is 24.0. The first kappa shape index (κ1) is 19.4. The van der Waals surface area contributed by atoms with Gasteiger partial charge in [-0.05, 0) is 29.1 Å². The zero-order valence-electron chi connectivity index (χ0n) is 14.1. The summed E-state index contributed by atoms with van der Waals surface area (Å²) < 4.78 is 1.64. The van der Waals surface area contributed by atoms with Crippen LogP contribution in [-0.4, -0.2) is 28.1 Å². The fourth-order valence-electron chi connectivity index (χ4n) is 2.37. The van der Waals surface area contributed by atoms with Crippen LogP contribution in [0, 0.1) is 0 Å². The first-order valence-corrected chi connectivity index (χ1v) is 9.79. The number of carbonyl (C=O) groups is 2. The SMILES string of the molecule is O=C(CCNC(=O)c1ccsc1)Nc1ccnn1Cc1ccc(Cl)cc1Cl. The lowest BCUT2D eigenvalue weighted by Gasteiger charge is -2.11. The molecule has 1 aromatic carbocycles. The molecule has 3 rings (SSSR count). The van der Waals surface area contributed by atoms with Crippen molar-refractivity contribution in [2.45, 2.75) is 13.0 Å². The molecule has 2 N–H and O–H groups in total. The molecule has 0 spiro atoms. The number of nitrogens with zero attached hydrogens (tertiary/aromatic N) is 2. The predicted molar refractivity (Wildman–Crippen MR) is 108 cm³/mol. The van der Waals surface area contributed by atoms with Crippen molar-refractivity contribution in [3.05, 3.63) is 68.5 Å². The molecule has 27 heavy (non-hydrogen) atoms. The summed E-state index contributed by atoms with van der Waals surface area (Å²) in [5, 5.41) is 14.4. The van der Waals surface area contributed by atoms with Crippen LogP contribution in [0.3, 0.4) is 0 Å². The van der Waals surface area contributed by atoms with Crippen molar-refractivity contribution in [2.75, 3.05) is 11.9 Å². The number of aromatic nitrogens is 2. The molecule has 0 aliphatic rings.